The molecule has 1 aromatic rings. The largest absolute Gasteiger partial charge is 0.392 e. The van der Waals surface area contributed by atoms with Crippen LogP contribution in [0.4, 0.5) is 13.2 Å². The van der Waals surface area contributed by atoms with Crippen molar-refractivity contribution in [3.05, 3.63) is 17.2 Å². The van der Waals surface area contributed by atoms with E-state index in [-0.39, 0.29) is 6.42 Å². The van der Waals surface area contributed by atoms with Crippen molar-refractivity contribution >= 4 is 0 Å². The lowest BCUT2D eigenvalue weighted by molar-refractivity contribution is -0.187. The van der Waals surface area contributed by atoms with E-state index in [1.165, 1.54) is 0 Å². The van der Waals surface area contributed by atoms with E-state index in [2.05, 4.69) is 16.9 Å². The summed E-state index contributed by atoms with van der Waals surface area (Å²) in [5, 5.41) is 0. The molecule has 2 aliphatic rings. The van der Waals surface area contributed by atoms with Crippen molar-refractivity contribution in [3.63, 3.8) is 0 Å². The minimum absolute atomic E-state index is 0.246. The van der Waals surface area contributed by atoms with Gasteiger partial charge in [0.25, 0.3) is 0 Å². The molecular formula is C15H21F3N2. The Hall–Kier alpha value is -1.00. The lowest BCUT2D eigenvalue weighted by Gasteiger charge is -2.31. The molecule has 0 radical (unpaired) electrons. The molecule has 0 saturated heterocycles. The van der Waals surface area contributed by atoms with E-state index < -0.39 is 18.0 Å². The van der Waals surface area contributed by atoms with Gasteiger partial charge in [0.05, 0.1) is 11.6 Å². The highest BCUT2D eigenvalue weighted by molar-refractivity contribution is 5.21. The molecule has 3 atom stereocenters. The summed E-state index contributed by atoms with van der Waals surface area (Å²) in [6.07, 6.45) is 1.21. The molecule has 1 fully saturated rings. The van der Waals surface area contributed by atoms with Crippen LogP contribution in [0.15, 0.2) is 0 Å². The number of fused-ring (bicyclic) bond motifs is 1. The zero-order chi connectivity index (χ0) is 14.3. The van der Waals surface area contributed by atoms with Gasteiger partial charge < -0.3 is 4.98 Å². The first-order valence-electron chi connectivity index (χ1n) is 7.59. The quantitative estimate of drug-likeness (QED) is 0.816. The van der Waals surface area contributed by atoms with Crippen molar-refractivity contribution in [3.8, 4) is 0 Å². The Morgan fingerprint density at radius 2 is 1.90 bits per heavy atom. The zero-order valence-corrected chi connectivity index (χ0v) is 11.8. The number of halogens is 3. The maximum atomic E-state index is 13.2. The summed E-state index contributed by atoms with van der Waals surface area (Å²) >= 11 is 0. The van der Waals surface area contributed by atoms with Crippen LogP contribution in [-0.4, -0.2) is 16.1 Å². The number of hydrogen-bond acceptors (Lipinski definition) is 1. The number of alkyl halides is 3. The third-order valence-corrected chi connectivity index (χ3v) is 4.85. The van der Waals surface area contributed by atoms with E-state index in [4.69, 9.17) is 0 Å². The Bertz CT molecular complexity index is 478. The van der Waals surface area contributed by atoms with E-state index in [0.29, 0.717) is 24.6 Å². The average Bonchev–Trinajstić information content (AvgIpc) is 2.80. The van der Waals surface area contributed by atoms with Crippen LogP contribution in [0.2, 0.25) is 0 Å². The molecule has 0 spiro atoms. The topological polar surface area (TPSA) is 28.7 Å². The summed E-state index contributed by atoms with van der Waals surface area (Å²) in [6, 6.07) is 0. The van der Waals surface area contributed by atoms with Gasteiger partial charge in [-0.05, 0) is 38.0 Å². The predicted molar refractivity (Wildman–Crippen MR) is 70.5 cm³/mol. The van der Waals surface area contributed by atoms with Crippen LogP contribution in [0.25, 0.3) is 0 Å². The van der Waals surface area contributed by atoms with Crippen LogP contribution in [-0.2, 0) is 12.8 Å². The van der Waals surface area contributed by atoms with Gasteiger partial charge in [0.1, 0.15) is 5.82 Å². The maximum Gasteiger partial charge on any atom is 0.392 e. The number of H-pyrrole nitrogens is 1. The monoisotopic (exact) mass is 286 g/mol. The van der Waals surface area contributed by atoms with Gasteiger partial charge in [-0.15, -0.1) is 0 Å². The fraction of sp³-hybridized carbons (Fsp3) is 0.800. The van der Waals surface area contributed by atoms with Gasteiger partial charge >= 0.3 is 6.18 Å². The lowest BCUT2D eigenvalue weighted by Crippen LogP contribution is -2.32. The Kier molecular flexibility index (Phi) is 3.55. The summed E-state index contributed by atoms with van der Waals surface area (Å²) in [4.78, 5) is 7.74. The van der Waals surface area contributed by atoms with Crippen molar-refractivity contribution in [1.29, 1.82) is 0 Å². The molecule has 0 amide bonds. The van der Waals surface area contributed by atoms with Gasteiger partial charge in [-0.25, -0.2) is 4.98 Å². The number of imidazole rings is 1. The highest BCUT2D eigenvalue weighted by Gasteiger charge is 2.47. The van der Waals surface area contributed by atoms with Crippen molar-refractivity contribution < 1.29 is 13.2 Å². The van der Waals surface area contributed by atoms with Crippen molar-refractivity contribution in [1.82, 2.24) is 9.97 Å². The molecular weight excluding hydrogens is 265 g/mol. The molecule has 2 nitrogen and oxygen atoms in total. The van der Waals surface area contributed by atoms with E-state index in [1.54, 1.807) is 0 Å². The van der Waals surface area contributed by atoms with Crippen LogP contribution in [0.3, 0.4) is 0 Å². The van der Waals surface area contributed by atoms with E-state index in [1.807, 2.05) is 0 Å². The van der Waals surface area contributed by atoms with Crippen molar-refractivity contribution in [2.24, 2.45) is 11.8 Å². The molecule has 0 bridgehead atoms. The number of aromatic nitrogens is 2. The smallest absolute Gasteiger partial charge is 0.345 e. The summed E-state index contributed by atoms with van der Waals surface area (Å²) in [5.41, 5.74) is 2.08. The van der Waals surface area contributed by atoms with Crippen molar-refractivity contribution in [2.45, 2.75) is 64.0 Å². The Balaban J connectivity index is 1.87. The second kappa shape index (κ2) is 5.08. The van der Waals surface area contributed by atoms with Crippen LogP contribution < -0.4 is 0 Å². The first-order chi connectivity index (χ1) is 9.45. The molecule has 5 heteroatoms. The SMILES string of the molecule is CC1CCc2nc(C3CCCCC3C(F)(F)F)[nH]c2C1. The van der Waals surface area contributed by atoms with Gasteiger partial charge in [0.2, 0.25) is 0 Å². The molecule has 1 N–H and O–H groups in total. The van der Waals surface area contributed by atoms with Gasteiger partial charge in [-0.3, -0.25) is 0 Å². The van der Waals surface area contributed by atoms with Crippen LogP contribution in [0.1, 0.15) is 62.2 Å². The summed E-state index contributed by atoms with van der Waals surface area (Å²) in [7, 11) is 0. The third kappa shape index (κ3) is 2.59. The number of aromatic amines is 1. The molecule has 3 unspecified atom stereocenters. The zero-order valence-electron chi connectivity index (χ0n) is 11.8. The molecule has 0 aromatic carbocycles. The average molecular weight is 286 g/mol. The fourth-order valence-corrected chi connectivity index (χ4v) is 3.70. The first-order valence-corrected chi connectivity index (χ1v) is 7.59. The van der Waals surface area contributed by atoms with Crippen LogP contribution >= 0.6 is 0 Å². The molecule has 1 heterocycles. The Morgan fingerprint density at radius 1 is 1.15 bits per heavy atom. The summed E-state index contributed by atoms with van der Waals surface area (Å²) in [6.45, 7) is 2.18. The minimum Gasteiger partial charge on any atom is -0.345 e. The Labute approximate surface area is 117 Å². The number of nitrogens with one attached hydrogen (secondary N) is 1. The highest BCUT2D eigenvalue weighted by atomic mass is 19.4. The summed E-state index contributed by atoms with van der Waals surface area (Å²) in [5.74, 6) is -0.502. The van der Waals surface area contributed by atoms with Gasteiger partial charge in [0, 0.05) is 11.6 Å². The second-order valence-corrected chi connectivity index (χ2v) is 6.43. The Morgan fingerprint density at radius 3 is 2.65 bits per heavy atom. The molecule has 3 rings (SSSR count). The molecule has 1 saturated carbocycles. The van der Waals surface area contributed by atoms with Gasteiger partial charge in [-0.1, -0.05) is 19.8 Å². The molecule has 20 heavy (non-hydrogen) atoms. The molecule has 1 aromatic heterocycles. The summed E-state index contributed by atoms with van der Waals surface area (Å²) < 4.78 is 39.5. The minimum atomic E-state index is -4.11. The van der Waals surface area contributed by atoms with Crippen LogP contribution in [0, 0.1) is 11.8 Å². The standard InChI is InChI=1S/C15H21F3N2/c1-9-6-7-12-13(8-9)20-14(19-12)10-4-2-3-5-11(10)15(16,17)18/h9-11H,2-8H2,1H3,(H,19,20). The van der Waals surface area contributed by atoms with E-state index in [0.717, 1.165) is 37.1 Å². The van der Waals surface area contributed by atoms with Crippen molar-refractivity contribution in [2.75, 3.05) is 0 Å². The van der Waals surface area contributed by atoms with E-state index in [9.17, 15) is 13.2 Å². The fourth-order valence-electron chi connectivity index (χ4n) is 3.70. The number of rotatable bonds is 1. The maximum absolute atomic E-state index is 13.2. The first kappa shape index (κ1) is 14.0. The number of hydrogen-bond donors (Lipinski definition) is 1. The molecule has 112 valence electrons. The molecule has 0 aliphatic heterocycles. The lowest BCUT2D eigenvalue weighted by atomic mass is 9.78. The van der Waals surface area contributed by atoms with Gasteiger partial charge in [-0.2, -0.15) is 13.2 Å². The third-order valence-electron chi connectivity index (χ3n) is 4.85. The normalized spacial score (nSPS) is 31.1. The number of nitrogens with zero attached hydrogens (tertiary/aromatic N) is 1. The second-order valence-electron chi connectivity index (χ2n) is 6.43. The van der Waals surface area contributed by atoms with E-state index >= 15 is 0 Å². The predicted octanol–water partition coefficient (Wildman–Crippen LogP) is 4.37. The molecule has 2 aliphatic carbocycles. The van der Waals surface area contributed by atoms with Gasteiger partial charge in [0.15, 0.2) is 0 Å². The number of aryl methyl sites for hydroxylation is 1. The highest BCUT2D eigenvalue weighted by Crippen LogP contribution is 2.46. The van der Waals surface area contributed by atoms with Crippen LogP contribution in [0.5, 0.6) is 0 Å².